The Bertz CT molecular complexity index is 933. The summed E-state index contributed by atoms with van der Waals surface area (Å²) in [7, 11) is 0. The van der Waals surface area contributed by atoms with Gasteiger partial charge in [0.1, 0.15) is 11.5 Å². The Kier molecular flexibility index (Phi) is 8.32. The van der Waals surface area contributed by atoms with Gasteiger partial charge in [-0.2, -0.15) is 0 Å². The molecule has 0 unspecified atom stereocenters. The van der Waals surface area contributed by atoms with Crippen LogP contribution in [0.5, 0.6) is 11.5 Å². The fraction of sp³-hybridized carbons (Fsp3) is 0.316. The largest absolute Gasteiger partial charge is 0.573 e. The van der Waals surface area contributed by atoms with Gasteiger partial charge in [-0.25, -0.2) is 0 Å². The molecule has 2 aromatic carbocycles. The molecule has 0 radical (unpaired) electrons. The van der Waals surface area contributed by atoms with Crippen LogP contribution < -0.4 is 14.8 Å². The molecule has 10 nitrogen and oxygen atoms in total. The number of nitro groups is 2. The zero-order valence-corrected chi connectivity index (χ0v) is 16.5. The van der Waals surface area contributed by atoms with Crippen LogP contribution in [-0.2, 0) is 0 Å². The summed E-state index contributed by atoms with van der Waals surface area (Å²) >= 11 is 0. The summed E-state index contributed by atoms with van der Waals surface area (Å²) in [6.07, 6.45) is -2.98. The Morgan fingerprint density at radius 2 is 1.47 bits per heavy atom. The van der Waals surface area contributed by atoms with Crippen molar-refractivity contribution in [3.8, 4) is 11.5 Å². The lowest BCUT2D eigenvalue weighted by Crippen LogP contribution is -2.24. The number of hydrogen-bond acceptors (Lipinski definition) is 7. The number of non-ortho nitro benzene ring substituents is 2. The number of alkyl halides is 3. The molecule has 1 N–H and O–H groups in total. The minimum atomic E-state index is -4.76. The molecule has 0 aromatic heterocycles. The van der Waals surface area contributed by atoms with Crippen molar-refractivity contribution in [2.45, 2.75) is 25.6 Å². The molecule has 0 aliphatic carbocycles. The summed E-state index contributed by atoms with van der Waals surface area (Å²) < 4.78 is 45.5. The molecule has 0 aliphatic rings. The number of ether oxygens (including phenoxy) is 2. The van der Waals surface area contributed by atoms with E-state index in [-0.39, 0.29) is 17.9 Å². The lowest BCUT2D eigenvalue weighted by Gasteiger charge is -2.10. The van der Waals surface area contributed by atoms with Gasteiger partial charge in [-0.3, -0.25) is 25.0 Å². The number of unbranched alkanes of at least 4 members (excludes halogenated alkanes) is 2. The summed E-state index contributed by atoms with van der Waals surface area (Å²) in [6.45, 7) is 0.531. The second kappa shape index (κ2) is 10.9. The van der Waals surface area contributed by atoms with Crippen LogP contribution in [0.4, 0.5) is 24.5 Å². The van der Waals surface area contributed by atoms with E-state index in [0.29, 0.717) is 31.6 Å². The van der Waals surface area contributed by atoms with Gasteiger partial charge in [-0.1, -0.05) is 0 Å². The highest BCUT2D eigenvalue weighted by molar-refractivity contribution is 5.95. The summed E-state index contributed by atoms with van der Waals surface area (Å²) in [4.78, 5) is 32.2. The highest BCUT2D eigenvalue weighted by atomic mass is 19.4. The third-order valence-corrected chi connectivity index (χ3v) is 4.02. The monoisotopic (exact) mass is 457 g/mol. The van der Waals surface area contributed by atoms with Gasteiger partial charge in [0.05, 0.1) is 28.1 Å². The number of hydrogen-bond donors (Lipinski definition) is 1. The van der Waals surface area contributed by atoms with Crippen LogP contribution >= 0.6 is 0 Å². The maximum atomic E-state index is 12.1. The summed E-state index contributed by atoms with van der Waals surface area (Å²) in [5.41, 5.74) is -1.30. The van der Waals surface area contributed by atoms with Crippen LogP contribution in [0.1, 0.15) is 29.6 Å². The number of rotatable bonds is 11. The standard InChI is InChI=1S/C19H18F3N3O7/c20-19(21,22)32-17-6-4-16(5-7-17)31-9-3-1-2-8-23-18(26)13-10-14(24(27)28)12-15(11-13)25(29)30/h4-7,10-12H,1-3,8-9H2,(H,23,26). The summed E-state index contributed by atoms with van der Waals surface area (Å²) in [5, 5.41) is 24.3. The van der Waals surface area contributed by atoms with E-state index in [1.54, 1.807) is 0 Å². The molecule has 0 bridgehead atoms. The van der Waals surface area contributed by atoms with Crippen LogP contribution in [0.2, 0.25) is 0 Å². The number of halogens is 3. The van der Waals surface area contributed by atoms with Crippen LogP contribution in [0.3, 0.4) is 0 Å². The molecule has 0 aliphatic heterocycles. The molecule has 2 rings (SSSR count). The minimum Gasteiger partial charge on any atom is -0.494 e. The Hall–Kier alpha value is -3.90. The zero-order valence-electron chi connectivity index (χ0n) is 16.5. The highest BCUT2D eigenvalue weighted by Gasteiger charge is 2.31. The summed E-state index contributed by atoms with van der Waals surface area (Å²) in [6, 6.07) is 7.66. The first kappa shape index (κ1) is 24.4. The Morgan fingerprint density at radius 3 is 2.00 bits per heavy atom. The van der Waals surface area contributed by atoms with E-state index in [9.17, 15) is 38.2 Å². The predicted octanol–water partition coefficient (Wildman–Crippen LogP) is 4.38. The van der Waals surface area contributed by atoms with Crippen LogP contribution in [0.15, 0.2) is 42.5 Å². The molecule has 13 heteroatoms. The predicted molar refractivity (Wildman–Crippen MR) is 105 cm³/mol. The fourth-order valence-electron chi connectivity index (χ4n) is 2.57. The molecule has 172 valence electrons. The summed E-state index contributed by atoms with van der Waals surface area (Å²) in [5.74, 6) is -0.649. The molecule has 1 amide bonds. The average Bonchev–Trinajstić information content (AvgIpc) is 2.72. The topological polar surface area (TPSA) is 134 Å². The first-order valence-corrected chi connectivity index (χ1v) is 9.26. The van der Waals surface area contributed by atoms with Crippen LogP contribution in [-0.4, -0.2) is 35.3 Å². The van der Waals surface area contributed by atoms with E-state index in [1.807, 2.05) is 0 Å². The van der Waals surface area contributed by atoms with E-state index in [1.165, 1.54) is 12.1 Å². The molecule has 0 saturated heterocycles. The third-order valence-electron chi connectivity index (χ3n) is 4.02. The lowest BCUT2D eigenvalue weighted by atomic mass is 10.1. The average molecular weight is 457 g/mol. The van der Waals surface area contributed by atoms with Crippen molar-refractivity contribution in [1.82, 2.24) is 5.32 Å². The van der Waals surface area contributed by atoms with Crippen LogP contribution in [0, 0.1) is 20.2 Å². The normalized spacial score (nSPS) is 11.0. The van der Waals surface area contributed by atoms with E-state index in [0.717, 1.165) is 30.3 Å². The number of nitro benzene ring substituents is 2. The van der Waals surface area contributed by atoms with Crippen molar-refractivity contribution in [3.05, 3.63) is 68.3 Å². The van der Waals surface area contributed by atoms with E-state index >= 15 is 0 Å². The van der Waals surface area contributed by atoms with Gasteiger partial charge in [-0.15, -0.1) is 13.2 Å². The SMILES string of the molecule is O=C(NCCCCCOc1ccc(OC(F)(F)F)cc1)c1cc([N+](=O)[O-])cc([N+](=O)[O-])c1. The zero-order chi connectivity index (χ0) is 23.7. The Labute approximate surface area is 179 Å². The van der Waals surface area contributed by atoms with Crippen molar-refractivity contribution in [2.75, 3.05) is 13.2 Å². The Balaban J connectivity index is 1.70. The molecule has 0 heterocycles. The second-order valence-electron chi connectivity index (χ2n) is 6.44. The van der Waals surface area contributed by atoms with E-state index < -0.39 is 33.5 Å². The van der Waals surface area contributed by atoms with Gasteiger partial charge in [0.2, 0.25) is 0 Å². The quantitative estimate of drug-likeness (QED) is 0.301. The molecular formula is C19H18F3N3O7. The fourth-order valence-corrected chi connectivity index (χ4v) is 2.57. The van der Waals surface area contributed by atoms with E-state index in [2.05, 4.69) is 10.1 Å². The van der Waals surface area contributed by atoms with Gasteiger partial charge in [0.15, 0.2) is 0 Å². The number of nitrogens with zero attached hydrogens (tertiary/aromatic N) is 2. The van der Waals surface area contributed by atoms with Gasteiger partial charge >= 0.3 is 6.36 Å². The number of benzene rings is 2. The molecule has 0 atom stereocenters. The van der Waals surface area contributed by atoms with Crippen molar-refractivity contribution >= 4 is 17.3 Å². The first-order chi connectivity index (χ1) is 15.0. The smallest absolute Gasteiger partial charge is 0.494 e. The van der Waals surface area contributed by atoms with E-state index in [4.69, 9.17) is 4.74 Å². The first-order valence-electron chi connectivity index (χ1n) is 9.26. The van der Waals surface area contributed by atoms with Gasteiger partial charge < -0.3 is 14.8 Å². The van der Waals surface area contributed by atoms with Crippen LogP contribution in [0.25, 0.3) is 0 Å². The number of carbonyl (C=O) groups excluding carboxylic acids is 1. The van der Waals surface area contributed by atoms with Crippen molar-refractivity contribution in [1.29, 1.82) is 0 Å². The molecule has 0 fully saturated rings. The van der Waals surface area contributed by atoms with Crippen molar-refractivity contribution in [3.63, 3.8) is 0 Å². The third kappa shape index (κ3) is 8.08. The lowest BCUT2D eigenvalue weighted by molar-refractivity contribution is -0.394. The van der Waals surface area contributed by atoms with Gasteiger partial charge in [-0.05, 0) is 43.5 Å². The Morgan fingerprint density at radius 1 is 0.906 bits per heavy atom. The van der Waals surface area contributed by atoms with Gasteiger partial charge in [0, 0.05) is 18.7 Å². The van der Waals surface area contributed by atoms with Gasteiger partial charge in [0.25, 0.3) is 17.3 Å². The maximum absolute atomic E-state index is 12.1. The maximum Gasteiger partial charge on any atom is 0.573 e. The molecule has 2 aromatic rings. The molecule has 32 heavy (non-hydrogen) atoms. The van der Waals surface area contributed by atoms with Crippen molar-refractivity contribution < 1.29 is 37.3 Å². The highest BCUT2D eigenvalue weighted by Crippen LogP contribution is 2.25. The second-order valence-corrected chi connectivity index (χ2v) is 6.44. The number of nitrogens with one attached hydrogen (secondary N) is 1. The number of carbonyl (C=O) groups is 1. The molecule has 0 spiro atoms. The van der Waals surface area contributed by atoms with Crippen molar-refractivity contribution in [2.24, 2.45) is 0 Å². The minimum absolute atomic E-state index is 0.188. The number of amides is 1. The molecular weight excluding hydrogens is 439 g/mol. The molecule has 0 saturated carbocycles.